The molecule has 0 aromatic carbocycles. The highest BCUT2D eigenvalue weighted by atomic mass is 14.1. The molecular formula is C7H14. The third-order valence-corrected chi connectivity index (χ3v) is 1.39. The summed E-state index contributed by atoms with van der Waals surface area (Å²) in [6.45, 7) is 8.31. The van der Waals surface area contributed by atoms with Crippen molar-refractivity contribution < 1.29 is 0 Å². The molecule has 42 valence electrons. The molecule has 0 atom stereocenters. The topological polar surface area (TPSA) is 0 Å². The Labute approximate surface area is 46.2 Å². The van der Waals surface area contributed by atoms with Crippen LogP contribution in [-0.4, -0.2) is 0 Å². The maximum atomic E-state index is 3.00. The van der Waals surface area contributed by atoms with E-state index in [0.29, 0.717) is 0 Å². The van der Waals surface area contributed by atoms with E-state index >= 15 is 0 Å². The van der Waals surface area contributed by atoms with Gasteiger partial charge in [0.1, 0.15) is 0 Å². The maximum absolute atomic E-state index is 3.00. The van der Waals surface area contributed by atoms with Gasteiger partial charge in [0.05, 0.1) is 0 Å². The van der Waals surface area contributed by atoms with Crippen molar-refractivity contribution in [2.24, 2.45) is 5.92 Å². The summed E-state index contributed by atoms with van der Waals surface area (Å²) in [6.07, 6.45) is 4.46. The minimum Gasteiger partial charge on any atom is -0.106 e. The highest BCUT2D eigenvalue weighted by Crippen LogP contribution is 2.24. The van der Waals surface area contributed by atoms with Gasteiger partial charge in [0.15, 0.2) is 0 Å². The van der Waals surface area contributed by atoms with E-state index in [9.17, 15) is 0 Å². The molecule has 0 aliphatic heterocycles. The Bertz CT molecular complexity index is 35.3. The standard InChI is InChI=1S/C5H10.C2H4/c1-5-3-2-4-5;1-2/h5H,2-4H2,1H3;1-2H2. The Morgan fingerprint density at radius 1 is 1.29 bits per heavy atom. The summed E-state index contributed by atoms with van der Waals surface area (Å²) in [4.78, 5) is 0. The Balaban J connectivity index is 0.000000162. The van der Waals surface area contributed by atoms with Crippen LogP contribution in [0.4, 0.5) is 0 Å². The van der Waals surface area contributed by atoms with E-state index in [0.717, 1.165) is 5.92 Å². The van der Waals surface area contributed by atoms with Crippen LogP contribution in [0.25, 0.3) is 0 Å². The highest BCUT2D eigenvalue weighted by molar-refractivity contribution is 4.62. The average molecular weight is 98.2 g/mol. The lowest BCUT2D eigenvalue weighted by molar-refractivity contribution is 0.346. The zero-order valence-electron chi connectivity index (χ0n) is 5.11. The van der Waals surface area contributed by atoms with Crippen LogP contribution >= 0.6 is 0 Å². The van der Waals surface area contributed by atoms with Gasteiger partial charge in [-0.1, -0.05) is 26.2 Å². The Hall–Kier alpha value is -0.260. The predicted molar refractivity (Wildman–Crippen MR) is 34.3 cm³/mol. The molecule has 7 heavy (non-hydrogen) atoms. The van der Waals surface area contributed by atoms with Crippen LogP contribution in [0, 0.1) is 5.92 Å². The number of hydrogen-bond donors (Lipinski definition) is 0. The van der Waals surface area contributed by atoms with Gasteiger partial charge in [-0.3, -0.25) is 0 Å². The van der Waals surface area contributed by atoms with Crippen molar-refractivity contribution in [2.45, 2.75) is 26.2 Å². The lowest BCUT2D eigenvalue weighted by Crippen LogP contribution is -2.04. The summed E-state index contributed by atoms with van der Waals surface area (Å²) in [7, 11) is 0. The molecule has 0 aromatic rings. The van der Waals surface area contributed by atoms with Crippen molar-refractivity contribution in [3.63, 3.8) is 0 Å². The lowest BCUT2D eigenvalue weighted by atomic mass is 9.88. The second-order valence-electron chi connectivity index (χ2n) is 2.04. The first-order chi connectivity index (χ1) is 3.39. The van der Waals surface area contributed by atoms with Gasteiger partial charge in [-0.2, -0.15) is 0 Å². The molecule has 1 aliphatic rings. The van der Waals surface area contributed by atoms with Crippen LogP contribution in [0.2, 0.25) is 0 Å². The summed E-state index contributed by atoms with van der Waals surface area (Å²) in [5.74, 6) is 1.06. The van der Waals surface area contributed by atoms with Gasteiger partial charge in [0, 0.05) is 0 Å². The molecule has 0 aromatic heterocycles. The van der Waals surface area contributed by atoms with Crippen molar-refractivity contribution >= 4 is 0 Å². The average Bonchev–Trinajstić information content (AvgIpc) is 1.68. The van der Waals surface area contributed by atoms with Crippen LogP contribution in [0.5, 0.6) is 0 Å². The van der Waals surface area contributed by atoms with Gasteiger partial charge in [0.25, 0.3) is 0 Å². The first-order valence-corrected chi connectivity index (χ1v) is 2.89. The first kappa shape index (κ1) is 6.74. The molecule has 0 saturated heterocycles. The summed E-state index contributed by atoms with van der Waals surface area (Å²) < 4.78 is 0. The number of hydrogen-bond acceptors (Lipinski definition) is 0. The Morgan fingerprint density at radius 3 is 1.57 bits per heavy atom. The van der Waals surface area contributed by atoms with Gasteiger partial charge < -0.3 is 0 Å². The monoisotopic (exact) mass is 98.1 g/mol. The van der Waals surface area contributed by atoms with E-state index in [1.807, 2.05) is 0 Å². The van der Waals surface area contributed by atoms with Gasteiger partial charge in [-0.15, -0.1) is 13.2 Å². The summed E-state index contributed by atoms with van der Waals surface area (Å²) in [5.41, 5.74) is 0. The molecule has 1 aliphatic carbocycles. The molecule has 1 saturated carbocycles. The Kier molecular flexibility index (Phi) is 3.77. The van der Waals surface area contributed by atoms with Crippen molar-refractivity contribution in [1.29, 1.82) is 0 Å². The van der Waals surface area contributed by atoms with E-state index in [2.05, 4.69) is 20.1 Å². The zero-order chi connectivity index (χ0) is 5.70. The van der Waals surface area contributed by atoms with E-state index < -0.39 is 0 Å². The molecule has 0 spiro atoms. The molecule has 0 N–H and O–H groups in total. The fourth-order valence-electron chi connectivity index (χ4n) is 0.612. The molecular weight excluding hydrogens is 84.1 g/mol. The predicted octanol–water partition coefficient (Wildman–Crippen LogP) is 2.61. The summed E-state index contributed by atoms with van der Waals surface area (Å²) >= 11 is 0. The normalized spacial score (nSPS) is 19.0. The maximum Gasteiger partial charge on any atom is -0.0443 e. The van der Waals surface area contributed by atoms with E-state index in [1.54, 1.807) is 0 Å². The molecule has 0 bridgehead atoms. The highest BCUT2D eigenvalue weighted by Gasteiger charge is 2.09. The smallest absolute Gasteiger partial charge is 0.0443 e. The third kappa shape index (κ3) is 2.44. The van der Waals surface area contributed by atoms with Crippen LogP contribution in [-0.2, 0) is 0 Å². The van der Waals surface area contributed by atoms with E-state index in [4.69, 9.17) is 0 Å². The second kappa shape index (κ2) is 3.91. The minimum atomic E-state index is 1.06. The number of rotatable bonds is 0. The van der Waals surface area contributed by atoms with Crippen LogP contribution in [0.15, 0.2) is 13.2 Å². The molecule has 1 rings (SSSR count). The molecule has 1 fully saturated rings. The second-order valence-corrected chi connectivity index (χ2v) is 2.04. The van der Waals surface area contributed by atoms with Crippen LogP contribution in [0.3, 0.4) is 0 Å². The van der Waals surface area contributed by atoms with Crippen molar-refractivity contribution in [2.75, 3.05) is 0 Å². The molecule has 0 nitrogen and oxygen atoms in total. The minimum absolute atomic E-state index is 1.06. The van der Waals surface area contributed by atoms with E-state index in [1.165, 1.54) is 19.3 Å². The molecule has 0 unspecified atom stereocenters. The lowest BCUT2D eigenvalue weighted by Gasteiger charge is -2.18. The van der Waals surface area contributed by atoms with Gasteiger partial charge in [0.2, 0.25) is 0 Å². The SMILES string of the molecule is C=C.CC1CCC1. The molecule has 0 radical (unpaired) electrons. The summed E-state index contributed by atoms with van der Waals surface area (Å²) in [5, 5.41) is 0. The molecule has 0 heterocycles. The van der Waals surface area contributed by atoms with Crippen molar-refractivity contribution in [3.8, 4) is 0 Å². The van der Waals surface area contributed by atoms with E-state index in [-0.39, 0.29) is 0 Å². The summed E-state index contributed by atoms with van der Waals surface area (Å²) in [6, 6.07) is 0. The van der Waals surface area contributed by atoms with Crippen molar-refractivity contribution in [1.82, 2.24) is 0 Å². The van der Waals surface area contributed by atoms with Gasteiger partial charge >= 0.3 is 0 Å². The largest absolute Gasteiger partial charge is 0.106 e. The molecule has 0 heteroatoms. The quantitative estimate of drug-likeness (QED) is 0.408. The fourth-order valence-corrected chi connectivity index (χ4v) is 0.612. The molecule has 0 amide bonds. The third-order valence-electron chi connectivity index (χ3n) is 1.39. The van der Waals surface area contributed by atoms with Crippen molar-refractivity contribution in [3.05, 3.63) is 13.2 Å². The fraction of sp³-hybridized carbons (Fsp3) is 0.714. The Morgan fingerprint density at radius 2 is 1.57 bits per heavy atom. The zero-order valence-corrected chi connectivity index (χ0v) is 5.11. The van der Waals surface area contributed by atoms with Crippen LogP contribution < -0.4 is 0 Å². The van der Waals surface area contributed by atoms with Gasteiger partial charge in [-0.05, 0) is 5.92 Å². The van der Waals surface area contributed by atoms with Gasteiger partial charge in [-0.25, -0.2) is 0 Å². The first-order valence-electron chi connectivity index (χ1n) is 2.89. The van der Waals surface area contributed by atoms with Crippen LogP contribution in [0.1, 0.15) is 26.2 Å².